The minimum atomic E-state index is -0.591. The van der Waals surface area contributed by atoms with E-state index in [0.717, 1.165) is 65.8 Å². The standard InChI is InChI=1S/C36H47N3O4/c1-7-18-38(5)19-17-37-34(40)27-20-26-21-28(42-6)14-16-29(26)33-32(24-11-9-8-10-12-24)30-15-13-25(22-31(30)39(33)23-27)35(41)43-36(2,3)4/h13-16,20-22,24H,7-12,17-19,23H2,1-6H3,(H,37,40). The fraction of sp³-hybridized carbons (Fsp3) is 0.500. The monoisotopic (exact) mass is 585 g/mol. The van der Waals surface area contributed by atoms with Gasteiger partial charge in [-0.05, 0) is 107 Å². The van der Waals surface area contributed by atoms with E-state index < -0.39 is 5.60 Å². The van der Waals surface area contributed by atoms with E-state index in [4.69, 9.17) is 9.47 Å². The van der Waals surface area contributed by atoms with Gasteiger partial charge in [0.25, 0.3) is 0 Å². The molecule has 0 atom stereocenters. The van der Waals surface area contributed by atoms with Crippen molar-refractivity contribution < 1.29 is 19.1 Å². The van der Waals surface area contributed by atoms with Gasteiger partial charge < -0.3 is 24.3 Å². The topological polar surface area (TPSA) is 72.8 Å². The SMILES string of the molecule is CCCN(C)CCNC(=O)C1=Cc2cc(OC)ccc2-c2c(C3CCCCC3)c3ccc(C(=O)OC(C)(C)C)cc3n2C1. The Hall–Kier alpha value is -3.58. The first-order valence-corrected chi connectivity index (χ1v) is 15.8. The fourth-order valence-electron chi connectivity index (χ4n) is 6.61. The largest absolute Gasteiger partial charge is 0.497 e. The second-order valence-electron chi connectivity index (χ2n) is 13.1. The summed E-state index contributed by atoms with van der Waals surface area (Å²) in [6.45, 7) is 10.6. The van der Waals surface area contributed by atoms with Crippen LogP contribution in [0.3, 0.4) is 0 Å². The molecule has 0 unspecified atom stereocenters. The number of hydrogen-bond acceptors (Lipinski definition) is 5. The summed E-state index contributed by atoms with van der Waals surface area (Å²) >= 11 is 0. The fourth-order valence-corrected chi connectivity index (χ4v) is 6.61. The quantitative estimate of drug-likeness (QED) is 0.270. The first kappa shape index (κ1) is 30.9. The van der Waals surface area contributed by atoms with E-state index in [0.29, 0.717) is 30.1 Å². The molecule has 1 aliphatic carbocycles. The van der Waals surface area contributed by atoms with E-state index >= 15 is 0 Å². The lowest BCUT2D eigenvalue weighted by Gasteiger charge is -2.24. The van der Waals surface area contributed by atoms with Crippen LogP contribution >= 0.6 is 0 Å². The molecule has 1 N–H and O–H groups in total. The van der Waals surface area contributed by atoms with Gasteiger partial charge in [0.15, 0.2) is 0 Å². The molecular formula is C36H47N3O4. The predicted octanol–water partition coefficient (Wildman–Crippen LogP) is 7.17. The number of aromatic nitrogens is 1. The molecule has 1 saturated carbocycles. The van der Waals surface area contributed by atoms with Crippen molar-refractivity contribution in [3.8, 4) is 17.0 Å². The third-order valence-corrected chi connectivity index (χ3v) is 8.60. The van der Waals surface area contributed by atoms with Gasteiger partial charge in [0.2, 0.25) is 5.91 Å². The second kappa shape index (κ2) is 13.0. The molecule has 7 nitrogen and oxygen atoms in total. The maximum Gasteiger partial charge on any atom is 0.338 e. The van der Waals surface area contributed by atoms with E-state index in [9.17, 15) is 9.59 Å². The van der Waals surface area contributed by atoms with Gasteiger partial charge in [-0.15, -0.1) is 0 Å². The Balaban J connectivity index is 1.65. The molecular weight excluding hydrogens is 538 g/mol. The summed E-state index contributed by atoms with van der Waals surface area (Å²) in [6.07, 6.45) is 9.05. The molecule has 0 radical (unpaired) electrons. The highest BCUT2D eigenvalue weighted by Crippen LogP contribution is 2.47. The lowest BCUT2D eigenvalue weighted by Crippen LogP contribution is -2.34. The highest BCUT2D eigenvalue weighted by molar-refractivity contribution is 6.03. The summed E-state index contributed by atoms with van der Waals surface area (Å²) in [4.78, 5) is 29.1. The number of benzene rings is 2. The number of rotatable bonds is 9. The number of likely N-dealkylation sites (N-methyl/N-ethyl adjacent to an activating group) is 1. The molecule has 1 fully saturated rings. The summed E-state index contributed by atoms with van der Waals surface area (Å²) in [6, 6.07) is 12.1. The highest BCUT2D eigenvalue weighted by atomic mass is 16.6. The third kappa shape index (κ3) is 6.82. The molecule has 1 amide bonds. The molecule has 2 heterocycles. The summed E-state index contributed by atoms with van der Waals surface area (Å²) in [5.74, 6) is 0.759. The van der Waals surface area contributed by atoms with Crippen molar-refractivity contribution in [2.45, 2.75) is 84.3 Å². The number of carbonyl (C=O) groups is 2. The summed E-state index contributed by atoms with van der Waals surface area (Å²) in [7, 11) is 3.75. The first-order valence-electron chi connectivity index (χ1n) is 15.8. The van der Waals surface area contributed by atoms with E-state index in [1.54, 1.807) is 7.11 Å². The van der Waals surface area contributed by atoms with Crippen molar-refractivity contribution in [1.29, 1.82) is 0 Å². The number of hydrogen-bond donors (Lipinski definition) is 1. The maximum atomic E-state index is 13.7. The maximum absolute atomic E-state index is 13.7. The molecule has 43 heavy (non-hydrogen) atoms. The zero-order valence-corrected chi connectivity index (χ0v) is 26.7. The molecule has 7 heteroatoms. The van der Waals surface area contributed by atoms with E-state index in [2.05, 4.69) is 40.9 Å². The number of amides is 1. The Kier molecular flexibility index (Phi) is 9.30. The van der Waals surface area contributed by atoms with Gasteiger partial charge in [0, 0.05) is 35.1 Å². The predicted molar refractivity (Wildman–Crippen MR) is 174 cm³/mol. The van der Waals surface area contributed by atoms with Crippen LogP contribution in [0.5, 0.6) is 5.75 Å². The minimum absolute atomic E-state index is 0.0733. The number of carbonyl (C=O) groups excluding carboxylic acids is 2. The molecule has 1 aromatic heterocycles. The van der Waals surface area contributed by atoms with Crippen molar-refractivity contribution >= 4 is 28.9 Å². The van der Waals surface area contributed by atoms with Crippen molar-refractivity contribution in [3.63, 3.8) is 0 Å². The van der Waals surface area contributed by atoms with Crippen LogP contribution < -0.4 is 10.1 Å². The van der Waals surface area contributed by atoms with Gasteiger partial charge in [-0.3, -0.25) is 4.79 Å². The van der Waals surface area contributed by atoms with Gasteiger partial charge in [-0.1, -0.05) is 32.3 Å². The summed E-state index contributed by atoms with van der Waals surface area (Å²) in [5.41, 5.74) is 6.10. The molecule has 2 aliphatic rings. The molecule has 2 aromatic carbocycles. The smallest absolute Gasteiger partial charge is 0.338 e. The number of nitrogens with zero attached hydrogens (tertiary/aromatic N) is 2. The van der Waals surface area contributed by atoms with Gasteiger partial charge >= 0.3 is 5.97 Å². The Labute approximate surface area is 256 Å². The normalized spacial score (nSPS) is 15.5. The van der Waals surface area contributed by atoms with Crippen LogP contribution in [0.4, 0.5) is 0 Å². The Morgan fingerprint density at radius 2 is 1.81 bits per heavy atom. The molecule has 3 aromatic rings. The van der Waals surface area contributed by atoms with Gasteiger partial charge in [0.05, 0.1) is 24.9 Å². The van der Waals surface area contributed by atoms with Gasteiger partial charge in [0.1, 0.15) is 11.4 Å². The molecule has 0 spiro atoms. The van der Waals surface area contributed by atoms with Crippen LogP contribution in [0, 0.1) is 0 Å². The van der Waals surface area contributed by atoms with E-state index in [1.807, 2.05) is 51.1 Å². The first-order chi connectivity index (χ1) is 20.6. The average molecular weight is 586 g/mol. The van der Waals surface area contributed by atoms with Crippen molar-refractivity contribution in [2.75, 3.05) is 33.8 Å². The number of esters is 1. The van der Waals surface area contributed by atoms with Gasteiger partial charge in [-0.25, -0.2) is 4.79 Å². The van der Waals surface area contributed by atoms with Crippen LogP contribution in [0.2, 0.25) is 0 Å². The van der Waals surface area contributed by atoms with Gasteiger partial charge in [-0.2, -0.15) is 0 Å². The number of ether oxygens (including phenoxy) is 2. The lowest BCUT2D eigenvalue weighted by atomic mass is 9.81. The van der Waals surface area contributed by atoms with Crippen LogP contribution in [-0.4, -0.2) is 60.7 Å². The zero-order chi connectivity index (χ0) is 30.7. The van der Waals surface area contributed by atoms with E-state index in [-0.39, 0.29) is 11.9 Å². The van der Waals surface area contributed by atoms with Crippen molar-refractivity contribution in [1.82, 2.24) is 14.8 Å². The van der Waals surface area contributed by atoms with Crippen LogP contribution in [0.1, 0.15) is 93.6 Å². The van der Waals surface area contributed by atoms with Crippen LogP contribution in [0.15, 0.2) is 42.0 Å². The molecule has 1 aliphatic heterocycles. The zero-order valence-electron chi connectivity index (χ0n) is 26.7. The Morgan fingerprint density at radius 3 is 2.51 bits per heavy atom. The highest BCUT2D eigenvalue weighted by Gasteiger charge is 2.31. The number of nitrogens with one attached hydrogen (secondary N) is 1. The Bertz CT molecular complexity index is 1520. The molecule has 5 rings (SSSR count). The number of methoxy groups -OCH3 is 1. The Morgan fingerprint density at radius 1 is 1.05 bits per heavy atom. The van der Waals surface area contributed by atoms with Crippen LogP contribution in [-0.2, 0) is 16.1 Å². The van der Waals surface area contributed by atoms with Crippen molar-refractivity contribution in [3.05, 3.63) is 58.7 Å². The minimum Gasteiger partial charge on any atom is -0.497 e. The number of fused-ring (bicyclic) bond motifs is 5. The average Bonchev–Trinajstić information content (AvgIpc) is 3.18. The second-order valence-corrected chi connectivity index (χ2v) is 13.1. The lowest BCUT2D eigenvalue weighted by molar-refractivity contribution is -0.117. The summed E-state index contributed by atoms with van der Waals surface area (Å²) < 4.78 is 13.6. The molecule has 230 valence electrons. The molecule has 0 saturated heterocycles. The van der Waals surface area contributed by atoms with Crippen LogP contribution in [0.25, 0.3) is 28.2 Å². The molecule has 0 bridgehead atoms. The summed E-state index contributed by atoms with van der Waals surface area (Å²) in [5, 5.41) is 4.32. The van der Waals surface area contributed by atoms with E-state index in [1.165, 1.54) is 24.8 Å². The van der Waals surface area contributed by atoms with Crippen molar-refractivity contribution in [2.24, 2.45) is 0 Å². The third-order valence-electron chi connectivity index (χ3n) is 8.60.